The van der Waals surface area contributed by atoms with Gasteiger partial charge >= 0.3 is 6.09 Å². The molecule has 6 heteroatoms. The van der Waals surface area contributed by atoms with Crippen LogP contribution < -0.4 is 10.6 Å². The topological polar surface area (TPSA) is 88.2 Å². The standard InChI is InChI=1S/C13H19N3O3/c1-9(2)8-19-13(17)16(3)11-6-4-5-10(7-11)12(14)15-18/h4-7,9,18H,8H2,1-3H3,(H2,14,15). The molecule has 1 aromatic carbocycles. The maximum atomic E-state index is 11.8. The number of nitrogens with two attached hydrogens (primary N) is 1. The molecular formula is C13H19N3O3. The molecule has 0 radical (unpaired) electrons. The number of anilines is 1. The minimum absolute atomic E-state index is 0.00852. The van der Waals surface area contributed by atoms with Gasteiger partial charge in [-0.25, -0.2) is 4.79 Å². The molecular weight excluding hydrogens is 246 g/mol. The highest BCUT2D eigenvalue weighted by atomic mass is 16.6. The number of ether oxygens (including phenoxy) is 1. The third kappa shape index (κ3) is 4.17. The predicted molar refractivity (Wildman–Crippen MR) is 73.5 cm³/mol. The minimum atomic E-state index is -0.439. The largest absolute Gasteiger partial charge is 0.449 e. The summed E-state index contributed by atoms with van der Waals surface area (Å²) in [5.74, 6) is 0.270. The second-order valence-corrected chi connectivity index (χ2v) is 4.57. The molecule has 104 valence electrons. The lowest BCUT2D eigenvalue weighted by atomic mass is 10.2. The number of nitrogens with zero attached hydrogens (tertiary/aromatic N) is 2. The van der Waals surface area contributed by atoms with Gasteiger partial charge < -0.3 is 15.7 Å². The van der Waals surface area contributed by atoms with Crippen molar-refractivity contribution in [2.75, 3.05) is 18.6 Å². The lowest BCUT2D eigenvalue weighted by Crippen LogP contribution is -2.28. The summed E-state index contributed by atoms with van der Waals surface area (Å²) in [6, 6.07) is 6.79. The molecule has 0 atom stereocenters. The van der Waals surface area contributed by atoms with E-state index in [0.717, 1.165) is 0 Å². The van der Waals surface area contributed by atoms with Crippen LogP contribution in [0.25, 0.3) is 0 Å². The van der Waals surface area contributed by atoms with Crippen molar-refractivity contribution < 1.29 is 14.7 Å². The molecule has 0 aromatic heterocycles. The van der Waals surface area contributed by atoms with Gasteiger partial charge in [0.1, 0.15) is 0 Å². The van der Waals surface area contributed by atoms with Crippen LogP contribution in [0.3, 0.4) is 0 Å². The van der Waals surface area contributed by atoms with Crippen molar-refractivity contribution in [3.8, 4) is 0 Å². The molecule has 0 bridgehead atoms. The molecule has 1 aromatic rings. The van der Waals surface area contributed by atoms with Crippen LogP contribution in [0.2, 0.25) is 0 Å². The highest BCUT2D eigenvalue weighted by Gasteiger charge is 2.13. The Bertz CT molecular complexity index is 472. The molecule has 0 saturated heterocycles. The summed E-state index contributed by atoms with van der Waals surface area (Å²) in [5.41, 5.74) is 6.64. The maximum absolute atomic E-state index is 11.8. The third-order valence-electron chi connectivity index (χ3n) is 2.45. The first-order valence-corrected chi connectivity index (χ1v) is 5.94. The zero-order valence-corrected chi connectivity index (χ0v) is 11.3. The highest BCUT2D eigenvalue weighted by molar-refractivity contribution is 5.98. The predicted octanol–water partition coefficient (Wildman–Crippen LogP) is 2.01. The van der Waals surface area contributed by atoms with Gasteiger partial charge in [-0.3, -0.25) is 4.90 Å². The summed E-state index contributed by atoms with van der Waals surface area (Å²) in [7, 11) is 1.61. The summed E-state index contributed by atoms with van der Waals surface area (Å²) in [5, 5.41) is 11.6. The number of amides is 1. The van der Waals surface area contributed by atoms with Gasteiger partial charge in [0.2, 0.25) is 0 Å². The van der Waals surface area contributed by atoms with E-state index in [4.69, 9.17) is 15.7 Å². The van der Waals surface area contributed by atoms with Crippen molar-refractivity contribution in [3.05, 3.63) is 29.8 Å². The molecule has 3 N–H and O–H groups in total. The number of carbonyl (C=O) groups is 1. The van der Waals surface area contributed by atoms with E-state index in [-0.39, 0.29) is 11.8 Å². The second kappa shape index (κ2) is 6.63. The molecule has 0 fully saturated rings. The minimum Gasteiger partial charge on any atom is -0.449 e. The molecule has 1 rings (SSSR count). The number of benzene rings is 1. The van der Waals surface area contributed by atoms with E-state index in [1.165, 1.54) is 4.90 Å². The number of carbonyl (C=O) groups excluding carboxylic acids is 1. The summed E-state index contributed by atoms with van der Waals surface area (Å²) < 4.78 is 5.12. The molecule has 1 amide bonds. The van der Waals surface area contributed by atoms with Crippen LogP contribution in [0.1, 0.15) is 19.4 Å². The molecule has 0 aliphatic rings. The lowest BCUT2D eigenvalue weighted by Gasteiger charge is -2.18. The maximum Gasteiger partial charge on any atom is 0.414 e. The SMILES string of the molecule is CC(C)COC(=O)N(C)c1cccc(C(N)=NO)c1. The van der Waals surface area contributed by atoms with Crippen molar-refractivity contribution >= 4 is 17.6 Å². The van der Waals surface area contributed by atoms with Crippen LogP contribution in [0, 0.1) is 5.92 Å². The van der Waals surface area contributed by atoms with Gasteiger partial charge in [0.25, 0.3) is 0 Å². The van der Waals surface area contributed by atoms with Crippen LogP contribution in [0.15, 0.2) is 29.4 Å². The Labute approximate surface area is 112 Å². The number of rotatable bonds is 4. The Hall–Kier alpha value is -2.24. The molecule has 0 unspecified atom stereocenters. The Morgan fingerprint density at radius 2 is 2.21 bits per heavy atom. The smallest absolute Gasteiger partial charge is 0.414 e. The number of hydrogen-bond donors (Lipinski definition) is 2. The van der Waals surface area contributed by atoms with E-state index in [1.54, 1.807) is 31.3 Å². The van der Waals surface area contributed by atoms with Crippen LogP contribution in [0.5, 0.6) is 0 Å². The Kier molecular flexibility index (Phi) is 5.17. The Balaban J connectivity index is 2.82. The van der Waals surface area contributed by atoms with Crippen molar-refractivity contribution in [1.82, 2.24) is 0 Å². The third-order valence-corrected chi connectivity index (χ3v) is 2.45. The fourth-order valence-electron chi connectivity index (χ4n) is 1.37. The summed E-state index contributed by atoms with van der Waals surface area (Å²) in [4.78, 5) is 13.2. The van der Waals surface area contributed by atoms with Crippen molar-refractivity contribution in [2.24, 2.45) is 16.8 Å². The summed E-state index contributed by atoms with van der Waals surface area (Å²) in [6.07, 6.45) is -0.439. The number of oxime groups is 1. The Morgan fingerprint density at radius 1 is 1.53 bits per heavy atom. The van der Waals surface area contributed by atoms with Gasteiger partial charge in [-0.15, -0.1) is 0 Å². The van der Waals surface area contributed by atoms with Gasteiger partial charge in [0, 0.05) is 18.3 Å². The first-order chi connectivity index (χ1) is 8.95. The zero-order chi connectivity index (χ0) is 14.4. The first-order valence-electron chi connectivity index (χ1n) is 5.94. The van der Waals surface area contributed by atoms with Gasteiger partial charge in [0.05, 0.1) is 6.61 Å². The van der Waals surface area contributed by atoms with E-state index in [1.807, 2.05) is 13.8 Å². The summed E-state index contributed by atoms with van der Waals surface area (Å²) >= 11 is 0. The van der Waals surface area contributed by atoms with Crippen molar-refractivity contribution in [1.29, 1.82) is 0 Å². The molecule has 0 aliphatic heterocycles. The normalized spacial score (nSPS) is 11.5. The number of hydrogen-bond acceptors (Lipinski definition) is 4. The summed E-state index contributed by atoms with van der Waals surface area (Å²) in [6.45, 7) is 4.29. The van der Waals surface area contributed by atoms with E-state index < -0.39 is 6.09 Å². The zero-order valence-electron chi connectivity index (χ0n) is 11.3. The van der Waals surface area contributed by atoms with E-state index in [0.29, 0.717) is 17.9 Å². The lowest BCUT2D eigenvalue weighted by molar-refractivity contribution is 0.141. The molecule has 6 nitrogen and oxygen atoms in total. The quantitative estimate of drug-likeness (QED) is 0.377. The van der Waals surface area contributed by atoms with Gasteiger partial charge in [-0.2, -0.15) is 0 Å². The monoisotopic (exact) mass is 265 g/mol. The van der Waals surface area contributed by atoms with Crippen LogP contribution in [-0.2, 0) is 4.74 Å². The average Bonchev–Trinajstić information content (AvgIpc) is 2.43. The molecule has 0 aliphatic carbocycles. The fraction of sp³-hybridized carbons (Fsp3) is 0.385. The average molecular weight is 265 g/mol. The van der Waals surface area contributed by atoms with E-state index >= 15 is 0 Å². The van der Waals surface area contributed by atoms with Crippen molar-refractivity contribution in [2.45, 2.75) is 13.8 Å². The van der Waals surface area contributed by atoms with E-state index in [9.17, 15) is 4.79 Å². The van der Waals surface area contributed by atoms with Crippen LogP contribution in [0.4, 0.5) is 10.5 Å². The van der Waals surface area contributed by atoms with Gasteiger partial charge in [0.15, 0.2) is 5.84 Å². The molecule has 19 heavy (non-hydrogen) atoms. The molecule has 0 heterocycles. The second-order valence-electron chi connectivity index (χ2n) is 4.57. The fourth-order valence-corrected chi connectivity index (χ4v) is 1.37. The Morgan fingerprint density at radius 3 is 2.79 bits per heavy atom. The molecule has 0 spiro atoms. The first kappa shape index (κ1) is 14.8. The van der Waals surface area contributed by atoms with Crippen molar-refractivity contribution in [3.63, 3.8) is 0 Å². The highest BCUT2D eigenvalue weighted by Crippen LogP contribution is 2.16. The number of amidine groups is 1. The van der Waals surface area contributed by atoms with Crippen LogP contribution >= 0.6 is 0 Å². The van der Waals surface area contributed by atoms with Crippen LogP contribution in [-0.4, -0.2) is 30.8 Å². The van der Waals surface area contributed by atoms with Gasteiger partial charge in [-0.05, 0) is 18.1 Å². The molecule has 0 saturated carbocycles. The van der Waals surface area contributed by atoms with Gasteiger partial charge in [-0.1, -0.05) is 31.1 Å². The van der Waals surface area contributed by atoms with E-state index in [2.05, 4.69) is 5.16 Å².